The molecule has 0 atom stereocenters. The first kappa shape index (κ1) is 7.61. The maximum Gasteiger partial charge on any atom is 0.160 e. The van der Waals surface area contributed by atoms with Gasteiger partial charge in [-0.15, -0.1) is 10.2 Å². The molecule has 0 spiro atoms. The van der Waals surface area contributed by atoms with Crippen LogP contribution in [0.15, 0.2) is 24.5 Å². The van der Waals surface area contributed by atoms with E-state index in [9.17, 15) is 0 Å². The Balaban J connectivity index is 2.57. The van der Waals surface area contributed by atoms with Gasteiger partial charge < -0.3 is 0 Å². The van der Waals surface area contributed by atoms with Gasteiger partial charge in [0, 0.05) is 11.4 Å². The summed E-state index contributed by atoms with van der Waals surface area (Å²) < 4.78 is 2.01. The minimum absolute atomic E-state index is 0.918. The lowest BCUT2D eigenvalue weighted by molar-refractivity contribution is 1.06. The Morgan fingerprint density at radius 2 is 2.42 bits per heavy atom. The third kappa shape index (κ3) is 1.18. The smallest absolute Gasteiger partial charge is 0.160 e. The molecular weight excluding hydrogens is 170 g/mol. The molecule has 0 unspecified atom stereocenters. The van der Waals surface area contributed by atoms with E-state index in [1.807, 2.05) is 16.5 Å². The van der Waals surface area contributed by atoms with Crippen molar-refractivity contribution in [1.82, 2.24) is 14.6 Å². The van der Waals surface area contributed by atoms with E-state index < -0.39 is 0 Å². The highest BCUT2D eigenvalue weighted by atomic mass is 32.2. The number of thioether (sulfide) groups is 1. The fraction of sp³-hybridized carbons (Fsp3) is 0.250. The van der Waals surface area contributed by atoms with Crippen LogP contribution in [-0.4, -0.2) is 20.9 Å². The van der Waals surface area contributed by atoms with Gasteiger partial charge in [0.25, 0.3) is 0 Å². The first-order valence-corrected chi connectivity index (χ1v) is 5.08. The predicted octanol–water partition coefficient (Wildman–Crippen LogP) is 1.59. The van der Waals surface area contributed by atoms with Gasteiger partial charge in [0.15, 0.2) is 5.65 Å². The van der Waals surface area contributed by atoms with Crippen LogP contribution in [0.2, 0.25) is 0 Å². The first-order valence-electron chi connectivity index (χ1n) is 3.68. The molecule has 0 saturated carbocycles. The Morgan fingerprint density at radius 1 is 1.50 bits per heavy atom. The fourth-order valence-electron chi connectivity index (χ4n) is 1.17. The monoisotopic (exact) mass is 179 g/mol. The Morgan fingerprint density at radius 3 is 3.25 bits per heavy atom. The lowest BCUT2D eigenvalue weighted by Gasteiger charge is -2.00. The summed E-state index contributed by atoms with van der Waals surface area (Å²) in [4.78, 5) is 0. The van der Waals surface area contributed by atoms with Gasteiger partial charge in [0.2, 0.25) is 0 Å². The predicted molar refractivity (Wildman–Crippen MR) is 50.2 cm³/mol. The van der Waals surface area contributed by atoms with E-state index >= 15 is 0 Å². The van der Waals surface area contributed by atoms with E-state index in [-0.39, 0.29) is 0 Å². The maximum atomic E-state index is 3.97. The topological polar surface area (TPSA) is 30.2 Å². The molecule has 0 radical (unpaired) electrons. The van der Waals surface area contributed by atoms with Crippen molar-refractivity contribution in [2.24, 2.45) is 0 Å². The highest BCUT2D eigenvalue weighted by Crippen LogP contribution is 2.10. The molecule has 0 bridgehead atoms. The second-order valence-electron chi connectivity index (χ2n) is 2.51. The molecule has 0 N–H and O–H groups in total. The molecule has 0 fully saturated rings. The summed E-state index contributed by atoms with van der Waals surface area (Å²) in [6.45, 7) is 0. The Bertz CT molecular complexity index is 382. The highest BCUT2D eigenvalue weighted by molar-refractivity contribution is 7.97. The summed E-state index contributed by atoms with van der Waals surface area (Å²) in [6, 6.07) is 6.05. The summed E-state index contributed by atoms with van der Waals surface area (Å²) >= 11 is 1.80. The molecule has 0 aliphatic heterocycles. The van der Waals surface area contributed by atoms with E-state index in [1.54, 1.807) is 18.1 Å². The van der Waals surface area contributed by atoms with Gasteiger partial charge in [0.1, 0.15) is 6.33 Å². The zero-order valence-electron chi connectivity index (χ0n) is 6.77. The standard InChI is InChI=1S/C8H9N3S/c1-12-5-7-3-2-4-8-10-9-6-11(7)8/h2-4,6H,5H2,1H3. The minimum atomic E-state index is 0.918. The average Bonchev–Trinajstić information content (AvgIpc) is 2.53. The lowest BCUT2D eigenvalue weighted by Crippen LogP contribution is -1.92. The van der Waals surface area contributed by atoms with Crippen molar-refractivity contribution in [2.45, 2.75) is 5.75 Å². The summed E-state index contributed by atoms with van der Waals surface area (Å²) in [7, 11) is 0. The third-order valence-corrected chi connectivity index (χ3v) is 2.29. The number of nitrogens with zero attached hydrogens (tertiary/aromatic N) is 3. The normalized spacial score (nSPS) is 10.8. The minimum Gasteiger partial charge on any atom is -0.285 e. The van der Waals surface area contributed by atoms with Crippen LogP contribution in [0.1, 0.15) is 5.69 Å². The number of rotatable bonds is 2. The van der Waals surface area contributed by atoms with Crippen LogP contribution < -0.4 is 0 Å². The number of fused-ring (bicyclic) bond motifs is 1. The van der Waals surface area contributed by atoms with Gasteiger partial charge in [0.05, 0.1) is 0 Å². The van der Waals surface area contributed by atoms with E-state index in [2.05, 4.69) is 22.5 Å². The number of aromatic nitrogens is 3. The second-order valence-corrected chi connectivity index (χ2v) is 3.38. The van der Waals surface area contributed by atoms with Gasteiger partial charge in [-0.25, -0.2) is 0 Å². The largest absolute Gasteiger partial charge is 0.285 e. The molecule has 2 heterocycles. The SMILES string of the molecule is CSCc1cccc2nncn12. The van der Waals surface area contributed by atoms with Crippen LogP contribution in [0.4, 0.5) is 0 Å². The van der Waals surface area contributed by atoms with Crippen molar-refractivity contribution >= 4 is 17.4 Å². The van der Waals surface area contributed by atoms with Crippen molar-refractivity contribution in [3.63, 3.8) is 0 Å². The number of hydrogen-bond acceptors (Lipinski definition) is 3. The maximum absolute atomic E-state index is 3.97. The van der Waals surface area contributed by atoms with Gasteiger partial charge >= 0.3 is 0 Å². The van der Waals surface area contributed by atoms with Crippen LogP contribution in [0.5, 0.6) is 0 Å². The Kier molecular flexibility index (Phi) is 1.99. The molecule has 2 rings (SSSR count). The molecule has 4 heteroatoms. The number of hydrogen-bond donors (Lipinski definition) is 0. The van der Waals surface area contributed by atoms with Crippen LogP contribution >= 0.6 is 11.8 Å². The van der Waals surface area contributed by atoms with Gasteiger partial charge in [-0.1, -0.05) is 6.07 Å². The molecule has 0 aliphatic rings. The average molecular weight is 179 g/mol. The summed E-state index contributed by atoms with van der Waals surface area (Å²) in [5.74, 6) is 0.995. The molecule has 3 nitrogen and oxygen atoms in total. The van der Waals surface area contributed by atoms with E-state index in [4.69, 9.17) is 0 Å². The zero-order chi connectivity index (χ0) is 8.39. The van der Waals surface area contributed by atoms with Crippen molar-refractivity contribution in [3.8, 4) is 0 Å². The molecule has 2 aromatic heterocycles. The Labute approximate surface area is 74.8 Å². The molecule has 0 saturated heterocycles. The molecule has 12 heavy (non-hydrogen) atoms. The highest BCUT2D eigenvalue weighted by Gasteiger charge is 1.98. The third-order valence-electron chi connectivity index (χ3n) is 1.71. The van der Waals surface area contributed by atoms with Crippen LogP contribution in [0, 0.1) is 0 Å². The summed E-state index contributed by atoms with van der Waals surface area (Å²) in [5.41, 5.74) is 2.16. The van der Waals surface area contributed by atoms with Crippen LogP contribution in [0.3, 0.4) is 0 Å². The van der Waals surface area contributed by atoms with Crippen molar-refractivity contribution in [3.05, 3.63) is 30.2 Å². The summed E-state index contributed by atoms with van der Waals surface area (Å²) in [5, 5.41) is 7.81. The molecule has 0 aliphatic carbocycles. The van der Waals surface area contributed by atoms with E-state index in [0.29, 0.717) is 0 Å². The first-order chi connectivity index (χ1) is 5.92. The van der Waals surface area contributed by atoms with Gasteiger partial charge in [-0.2, -0.15) is 11.8 Å². The van der Waals surface area contributed by atoms with Crippen molar-refractivity contribution < 1.29 is 0 Å². The van der Waals surface area contributed by atoms with Crippen LogP contribution in [0.25, 0.3) is 5.65 Å². The Hall–Kier alpha value is -1.03. The van der Waals surface area contributed by atoms with Crippen molar-refractivity contribution in [1.29, 1.82) is 0 Å². The van der Waals surface area contributed by atoms with Crippen molar-refractivity contribution in [2.75, 3.05) is 6.26 Å². The van der Waals surface area contributed by atoms with Gasteiger partial charge in [-0.3, -0.25) is 4.40 Å². The quantitative estimate of drug-likeness (QED) is 0.701. The molecule has 0 aromatic carbocycles. The zero-order valence-corrected chi connectivity index (χ0v) is 7.58. The lowest BCUT2D eigenvalue weighted by atomic mass is 10.4. The van der Waals surface area contributed by atoms with E-state index in [0.717, 1.165) is 11.4 Å². The molecule has 2 aromatic rings. The molecule has 0 amide bonds. The molecule has 62 valence electrons. The van der Waals surface area contributed by atoms with E-state index in [1.165, 1.54) is 5.69 Å². The van der Waals surface area contributed by atoms with Gasteiger partial charge in [-0.05, 0) is 18.4 Å². The second kappa shape index (κ2) is 3.15. The fourth-order valence-corrected chi connectivity index (χ4v) is 1.70. The number of pyridine rings is 1. The summed E-state index contributed by atoms with van der Waals surface area (Å²) in [6.07, 6.45) is 3.84. The van der Waals surface area contributed by atoms with Crippen LogP contribution in [-0.2, 0) is 5.75 Å². The molecular formula is C8H9N3S.